The molecule has 0 heterocycles. The van der Waals surface area contributed by atoms with E-state index >= 15 is 0 Å². The Kier molecular flexibility index (Phi) is 3.78. The molecule has 1 aromatic carbocycles. The van der Waals surface area contributed by atoms with Gasteiger partial charge in [-0.25, -0.2) is 0 Å². The summed E-state index contributed by atoms with van der Waals surface area (Å²) in [6, 6.07) is 10.7. The van der Waals surface area contributed by atoms with E-state index in [2.05, 4.69) is 42.6 Å². The van der Waals surface area contributed by atoms with Crippen LogP contribution in [0.25, 0.3) is 0 Å². The Morgan fingerprint density at radius 2 is 1.59 bits per heavy atom. The highest BCUT2D eigenvalue weighted by molar-refractivity contribution is 5.14. The summed E-state index contributed by atoms with van der Waals surface area (Å²) >= 11 is 0. The van der Waals surface area contributed by atoms with Gasteiger partial charge in [0.25, 0.3) is 0 Å². The maximum Gasteiger partial charge on any atom is 0.0746 e. The summed E-state index contributed by atoms with van der Waals surface area (Å²) in [5, 5.41) is 14.7. The van der Waals surface area contributed by atoms with Crippen LogP contribution in [-0.4, -0.2) is 17.3 Å². The zero-order chi connectivity index (χ0) is 15.2. The molecule has 1 aromatic rings. The normalized spacial score (nSPS) is 38.9. The molecular weight excluding hydrogens is 270 g/mol. The van der Waals surface area contributed by atoms with Crippen molar-refractivity contribution in [3.63, 3.8) is 0 Å². The topological polar surface area (TPSA) is 32.3 Å². The van der Waals surface area contributed by atoms with Gasteiger partial charge in [-0.1, -0.05) is 30.3 Å². The molecule has 0 amide bonds. The van der Waals surface area contributed by atoms with Gasteiger partial charge >= 0.3 is 0 Å². The molecule has 2 N–H and O–H groups in total. The SMILES string of the molecule is CC(NCc1ccccc1)C(O)C12CC3CC(CC(C3)C1)C2. The van der Waals surface area contributed by atoms with Crippen molar-refractivity contribution >= 4 is 0 Å². The molecule has 0 aromatic heterocycles. The third-order valence-electron chi connectivity index (χ3n) is 6.66. The largest absolute Gasteiger partial charge is 0.391 e. The average molecular weight is 299 g/mol. The predicted octanol–water partition coefficient (Wildman–Crippen LogP) is 3.74. The summed E-state index contributed by atoms with van der Waals surface area (Å²) in [6.45, 7) is 3.03. The van der Waals surface area contributed by atoms with Crippen LogP contribution >= 0.6 is 0 Å². The quantitative estimate of drug-likeness (QED) is 0.868. The van der Waals surface area contributed by atoms with Gasteiger partial charge in [0.1, 0.15) is 0 Å². The Hall–Kier alpha value is -0.860. The van der Waals surface area contributed by atoms with Crippen molar-refractivity contribution in [3.05, 3.63) is 35.9 Å². The zero-order valence-electron chi connectivity index (χ0n) is 13.7. The minimum absolute atomic E-state index is 0.177. The number of aliphatic hydroxyl groups is 1. The van der Waals surface area contributed by atoms with Crippen LogP contribution < -0.4 is 5.32 Å². The molecule has 22 heavy (non-hydrogen) atoms. The molecule has 4 fully saturated rings. The van der Waals surface area contributed by atoms with Gasteiger partial charge in [-0.15, -0.1) is 0 Å². The first kappa shape index (κ1) is 14.7. The van der Waals surface area contributed by atoms with Crippen molar-refractivity contribution in [1.29, 1.82) is 0 Å². The molecule has 4 saturated carbocycles. The van der Waals surface area contributed by atoms with Gasteiger partial charge in [-0.05, 0) is 74.2 Å². The maximum atomic E-state index is 11.1. The van der Waals surface area contributed by atoms with Crippen molar-refractivity contribution in [3.8, 4) is 0 Å². The second kappa shape index (κ2) is 5.65. The zero-order valence-corrected chi connectivity index (χ0v) is 13.7. The molecule has 4 bridgehead atoms. The molecule has 2 heteroatoms. The summed E-state index contributed by atoms with van der Waals surface area (Å²) in [6.07, 6.45) is 7.96. The molecule has 5 rings (SSSR count). The highest BCUT2D eigenvalue weighted by atomic mass is 16.3. The molecule has 120 valence electrons. The van der Waals surface area contributed by atoms with Crippen molar-refractivity contribution in [2.75, 3.05) is 0 Å². The van der Waals surface area contributed by atoms with E-state index in [9.17, 15) is 5.11 Å². The van der Waals surface area contributed by atoms with Gasteiger partial charge in [-0.3, -0.25) is 0 Å². The number of benzene rings is 1. The smallest absolute Gasteiger partial charge is 0.0746 e. The van der Waals surface area contributed by atoms with E-state index in [1.807, 2.05) is 0 Å². The number of nitrogens with one attached hydrogen (secondary N) is 1. The van der Waals surface area contributed by atoms with E-state index in [0.717, 1.165) is 24.3 Å². The Balaban J connectivity index is 1.41. The molecule has 2 nitrogen and oxygen atoms in total. The summed E-state index contributed by atoms with van der Waals surface area (Å²) in [5.41, 5.74) is 1.52. The van der Waals surface area contributed by atoms with Crippen LogP contribution in [-0.2, 0) is 6.54 Å². The van der Waals surface area contributed by atoms with E-state index in [4.69, 9.17) is 0 Å². The summed E-state index contributed by atoms with van der Waals surface area (Å²) in [7, 11) is 0. The van der Waals surface area contributed by atoms with Gasteiger partial charge in [0.05, 0.1) is 6.10 Å². The molecule has 4 aliphatic rings. The Morgan fingerprint density at radius 3 is 2.14 bits per heavy atom. The van der Waals surface area contributed by atoms with Crippen molar-refractivity contribution in [2.45, 2.75) is 64.1 Å². The molecule has 0 spiro atoms. The lowest BCUT2D eigenvalue weighted by Gasteiger charge is -2.59. The number of hydrogen-bond donors (Lipinski definition) is 2. The molecule has 0 saturated heterocycles. The number of rotatable bonds is 5. The molecule has 0 aliphatic heterocycles. The van der Waals surface area contributed by atoms with Crippen LogP contribution in [0.15, 0.2) is 30.3 Å². The molecule has 4 aliphatic carbocycles. The van der Waals surface area contributed by atoms with E-state index in [1.54, 1.807) is 0 Å². The predicted molar refractivity (Wildman–Crippen MR) is 89.4 cm³/mol. The highest BCUT2D eigenvalue weighted by Crippen LogP contribution is 2.61. The summed E-state index contributed by atoms with van der Waals surface area (Å²) in [4.78, 5) is 0. The molecular formula is C20H29NO. The van der Waals surface area contributed by atoms with Crippen LogP contribution in [0.1, 0.15) is 51.0 Å². The van der Waals surface area contributed by atoms with E-state index in [-0.39, 0.29) is 17.6 Å². The van der Waals surface area contributed by atoms with Crippen LogP contribution in [0.2, 0.25) is 0 Å². The maximum absolute atomic E-state index is 11.1. The van der Waals surface area contributed by atoms with Crippen molar-refractivity contribution < 1.29 is 5.11 Å². The van der Waals surface area contributed by atoms with Gasteiger partial charge in [-0.2, -0.15) is 0 Å². The second-order valence-corrected chi connectivity index (χ2v) is 8.38. The summed E-state index contributed by atoms with van der Waals surface area (Å²) < 4.78 is 0. The number of hydrogen-bond acceptors (Lipinski definition) is 2. The molecule has 2 unspecified atom stereocenters. The van der Waals surface area contributed by atoms with Crippen LogP contribution in [0.5, 0.6) is 0 Å². The van der Waals surface area contributed by atoms with Crippen LogP contribution in [0, 0.1) is 23.2 Å². The van der Waals surface area contributed by atoms with Crippen molar-refractivity contribution in [2.24, 2.45) is 23.2 Å². The third kappa shape index (κ3) is 2.61. The summed E-state index contributed by atoms with van der Waals surface area (Å²) in [5.74, 6) is 2.71. The fourth-order valence-corrected chi connectivity index (χ4v) is 6.06. The fraction of sp³-hybridized carbons (Fsp3) is 0.700. The first-order chi connectivity index (χ1) is 10.6. The monoisotopic (exact) mass is 299 g/mol. The Morgan fingerprint density at radius 1 is 1.05 bits per heavy atom. The van der Waals surface area contributed by atoms with Crippen molar-refractivity contribution in [1.82, 2.24) is 5.32 Å². The minimum Gasteiger partial charge on any atom is -0.391 e. The first-order valence-corrected chi connectivity index (χ1v) is 9.10. The lowest BCUT2D eigenvalue weighted by atomic mass is 9.47. The van der Waals surface area contributed by atoms with Gasteiger partial charge in [0.15, 0.2) is 0 Å². The lowest BCUT2D eigenvalue weighted by Crippen LogP contribution is -2.56. The standard InChI is InChI=1S/C20H29NO/c1-14(21-13-15-5-3-2-4-6-15)19(22)20-10-16-7-17(11-20)9-18(8-16)12-20/h2-6,14,16-19,21-22H,7-13H2,1H3. The van der Waals surface area contributed by atoms with E-state index < -0.39 is 0 Å². The third-order valence-corrected chi connectivity index (χ3v) is 6.66. The van der Waals surface area contributed by atoms with Gasteiger partial charge in [0.2, 0.25) is 0 Å². The molecule has 0 radical (unpaired) electrons. The minimum atomic E-state index is -0.190. The van der Waals surface area contributed by atoms with Crippen LogP contribution in [0.4, 0.5) is 0 Å². The Bertz CT molecular complexity index is 476. The fourth-order valence-electron chi connectivity index (χ4n) is 6.06. The van der Waals surface area contributed by atoms with Crippen LogP contribution in [0.3, 0.4) is 0 Å². The average Bonchev–Trinajstić information content (AvgIpc) is 2.51. The van der Waals surface area contributed by atoms with Gasteiger partial charge in [0, 0.05) is 12.6 Å². The molecule has 2 atom stereocenters. The van der Waals surface area contributed by atoms with E-state index in [1.165, 1.54) is 44.1 Å². The highest BCUT2D eigenvalue weighted by Gasteiger charge is 2.54. The van der Waals surface area contributed by atoms with Gasteiger partial charge < -0.3 is 10.4 Å². The Labute approximate surface area is 134 Å². The lowest BCUT2D eigenvalue weighted by molar-refractivity contribution is -0.128. The second-order valence-electron chi connectivity index (χ2n) is 8.38. The number of aliphatic hydroxyl groups excluding tert-OH is 1. The van der Waals surface area contributed by atoms with E-state index in [0.29, 0.717) is 0 Å². The first-order valence-electron chi connectivity index (χ1n) is 9.10.